The number of para-hydroxylation sites is 2. The molecule has 17 heavy (non-hydrogen) atoms. The minimum Gasteiger partial charge on any atom is -0.495 e. The molecule has 1 N–H and O–H groups in total. The maximum atomic E-state index is 5.45. The van der Waals surface area contributed by atoms with Crippen molar-refractivity contribution in [1.82, 2.24) is 5.32 Å². The molecule has 0 radical (unpaired) electrons. The van der Waals surface area contributed by atoms with Gasteiger partial charge in [0.2, 0.25) is 0 Å². The molecule has 1 aromatic carbocycles. The minimum absolute atomic E-state index is 0.515. The number of ether oxygens (including phenoxy) is 1. The topological polar surface area (TPSA) is 24.5 Å². The molecule has 2 aliphatic heterocycles. The van der Waals surface area contributed by atoms with Gasteiger partial charge in [0.25, 0.3) is 0 Å². The smallest absolute Gasteiger partial charge is 0.142 e. The largest absolute Gasteiger partial charge is 0.495 e. The molecule has 2 fully saturated rings. The first-order valence-corrected chi connectivity index (χ1v) is 6.42. The van der Waals surface area contributed by atoms with Gasteiger partial charge in [-0.15, -0.1) is 0 Å². The van der Waals surface area contributed by atoms with Crippen molar-refractivity contribution in [1.29, 1.82) is 0 Å². The molecule has 0 aliphatic carbocycles. The molecule has 0 bridgehead atoms. The summed E-state index contributed by atoms with van der Waals surface area (Å²) >= 11 is 0. The maximum absolute atomic E-state index is 5.45. The third-order valence-corrected chi connectivity index (χ3v) is 4.20. The summed E-state index contributed by atoms with van der Waals surface area (Å²) in [6.45, 7) is 4.68. The number of hydrogen-bond acceptors (Lipinski definition) is 3. The molecule has 2 heterocycles. The van der Waals surface area contributed by atoms with Crippen molar-refractivity contribution < 1.29 is 4.74 Å². The number of anilines is 1. The van der Waals surface area contributed by atoms with Crippen molar-refractivity contribution in [3.8, 4) is 5.75 Å². The molecular formula is C14H20N2O. The Labute approximate surface area is 103 Å². The summed E-state index contributed by atoms with van der Waals surface area (Å²) in [6.07, 6.45) is 2.62. The van der Waals surface area contributed by atoms with Gasteiger partial charge in [-0.05, 0) is 31.5 Å². The van der Waals surface area contributed by atoms with Gasteiger partial charge in [0, 0.05) is 25.0 Å². The Morgan fingerprint density at radius 3 is 2.94 bits per heavy atom. The molecule has 0 amide bonds. The highest BCUT2D eigenvalue weighted by atomic mass is 16.5. The molecule has 0 aromatic heterocycles. The van der Waals surface area contributed by atoms with E-state index in [4.69, 9.17) is 4.74 Å². The number of hydrogen-bond donors (Lipinski definition) is 1. The van der Waals surface area contributed by atoms with Crippen LogP contribution in [0.5, 0.6) is 5.75 Å². The first-order chi connectivity index (χ1) is 8.33. The fourth-order valence-corrected chi connectivity index (χ4v) is 3.18. The lowest BCUT2D eigenvalue weighted by atomic mass is 9.86. The minimum atomic E-state index is 0.515. The second-order valence-corrected chi connectivity index (χ2v) is 5.27. The Morgan fingerprint density at radius 1 is 1.29 bits per heavy atom. The monoisotopic (exact) mass is 232 g/mol. The lowest BCUT2D eigenvalue weighted by Crippen LogP contribution is -2.29. The van der Waals surface area contributed by atoms with Crippen molar-refractivity contribution in [2.75, 3.05) is 38.2 Å². The molecule has 2 aliphatic rings. The van der Waals surface area contributed by atoms with Crippen LogP contribution in [0.25, 0.3) is 0 Å². The number of methoxy groups -OCH3 is 1. The standard InChI is InChI=1S/C14H20N2O/c1-17-13-5-3-2-4-12(13)16-9-7-14(11-16)6-8-15-10-14/h2-5,15H,6-11H2,1H3. The summed E-state index contributed by atoms with van der Waals surface area (Å²) in [5.41, 5.74) is 1.76. The highest BCUT2D eigenvalue weighted by molar-refractivity contribution is 5.59. The molecule has 0 saturated carbocycles. The van der Waals surface area contributed by atoms with Crippen LogP contribution < -0.4 is 15.0 Å². The van der Waals surface area contributed by atoms with Gasteiger partial charge in [-0.1, -0.05) is 12.1 Å². The van der Waals surface area contributed by atoms with E-state index in [-0.39, 0.29) is 0 Å². The Hall–Kier alpha value is -1.22. The van der Waals surface area contributed by atoms with E-state index in [1.165, 1.54) is 38.2 Å². The van der Waals surface area contributed by atoms with Gasteiger partial charge in [0.15, 0.2) is 0 Å². The summed E-state index contributed by atoms with van der Waals surface area (Å²) < 4.78 is 5.45. The van der Waals surface area contributed by atoms with Crippen LogP contribution >= 0.6 is 0 Å². The molecule has 92 valence electrons. The first-order valence-electron chi connectivity index (χ1n) is 6.42. The Morgan fingerprint density at radius 2 is 2.18 bits per heavy atom. The van der Waals surface area contributed by atoms with Gasteiger partial charge in [0.1, 0.15) is 5.75 Å². The lowest BCUT2D eigenvalue weighted by Gasteiger charge is -2.25. The third kappa shape index (κ3) is 1.89. The van der Waals surface area contributed by atoms with Gasteiger partial charge < -0.3 is 15.0 Å². The molecule has 1 unspecified atom stereocenters. The molecule has 1 atom stereocenters. The molecule has 3 nitrogen and oxygen atoms in total. The van der Waals surface area contributed by atoms with Crippen LogP contribution in [0.4, 0.5) is 5.69 Å². The number of rotatable bonds is 2. The number of nitrogens with one attached hydrogen (secondary N) is 1. The van der Waals surface area contributed by atoms with Crippen molar-refractivity contribution in [2.24, 2.45) is 5.41 Å². The van der Waals surface area contributed by atoms with Crippen LogP contribution in [-0.4, -0.2) is 33.3 Å². The van der Waals surface area contributed by atoms with E-state index in [1.807, 2.05) is 12.1 Å². The van der Waals surface area contributed by atoms with E-state index < -0.39 is 0 Å². The Kier molecular flexibility index (Phi) is 2.71. The zero-order chi connectivity index (χ0) is 11.7. The summed E-state index contributed by atoms with van der Waals surface area (Å²) in [7, 11) is 1.75. The van der Waals surface area contributed by atoms with Crippen LogP contribution in [0.3, 0.4) is 0 Å². The SMILES string of the molecule is COc1ccccc1N1CCC2(CCNC2)C1. The predicted octanol–water partition coefficient (Wildman–Crippen LogP) is 1.88. The maximum Gasteiger partial charge on any atom is 0.142 e. The van der Waals surface area contributed by atoms with E-state index in [2.05, 4.69) is 22.3 Å². The molecule has 1 spiro atoms. The quantitative estimate of drug-likeness (QED) is 0.842. The molecule has 2 saturated heterocycles. The van der Waals surface area contributed by atoms with E-state index in [9.17, 15) is 0 Å². The van der Waals surface area contributed by atoms with Gasteiger partial charge in [0.05, 0.1) is 12.8 Å². The molecular weight excluding hydrogens is 212 g/mol. The highest BCUT2D eigenvalue weighted by Gasteiger charge is 2.40. The van der Waals surface area contributed by atoms with Gasteiger partial charge in [-0.25, -0.2) is 0 Å². The van der Waals surface area contributed by atoms with Crippen LogP contribution in [0.1, 0.15) is 12.8 Å². The second kappa shape index (κ2) is 4.22. The molecule has 1 aromatic rings. The Bertz CT molecular complexity index is 399. The second-order valence-electron chi connectivity index (χ2n) is 5.27. The van der Waals surface area contributed by atoms with Crippen LogP contribution in [0.15, 0.2) is 24.3 Å². The summed E-state index contributed by atoms with van der Waals surface area (Å²) in [4.78, 5) is 2.48. The molecule has 3 heteroatoms. The summed E-state index contributed by atoms with van der Waals surface area (Å²) in [6, 6.07) is 8.34. The molecule has 3 rings (SSSR count). The Balaban J connectivity index is 1.82. The lowest BCUT2D eigenvalue weighted by molar-refractivity contribution is 0.368. The van der Waals surface area contributed by atoms with Gasteiger partial charge in [-0.2, -0.15) is 0 Å². The fourth-order valence-electron chi connectivity index (χ4n) is 3.18. The zero-order valence-electron chi connectivity index (χ0n) is 10.4. The van der Waals surface area contributed by atoms with Gasteiger partial charge >= 0.3 is 0 Å². The average Bonchev–Trinajstić information content (AvgIpc) is 3.00. The van der Waals surface area contributed by atoms with E-state index in [1.54, 1.807) is 7.11 Å². The fraction of sp³-hybridized carbons (Fsp3) is 0.571. The zero-order valence-corrected chi connectivity index (χ0v) is 10.4. The van der Waals surface area contributed by atoms with Crippen molar-refractivity contribution >= 4 is 5.69 Å². The van der Waals surface area contributed by atoms with Crippen molar-refractivity contribution in [3.63, 3.8) is 0 Å². The normalized spacial score (nSPS) is 27.9. The van der Waals surface area contributed by atoms with E-state index >= 15 is 0 Å². The predicted molar refractivity (Wildman–Crippen MR) is 69.7 cm³/mol. The van der Waals surface area contributed by atoms with Crippen molar-refractivity contribution in [2.45, 2.75) is 12.8 Å². The van der Waals surface area contributed by atoms with Crippen LogP contribution in [0.2, 0.25) is 0 Å². The van der Waals surface area contributed by atoms with Crippen LogP contribution in [-0.2, 0) is 0 Å². The number of benzene rings is 1. The van der Waals surface area contributed by atoms with E-state index in [0.29, 0.717) is 5.41 Å². The summed E-state index contributed by atoms with van der Waals surface area (Å²) in [5.74, 6) is 0.996. The highest BCUT2D eigenvalue weighted by Crippen LogP contribution is 2.40. The first kappa shape index (κ1) is 10.9. The average molecular weight is 232 g/mol. The van der Waals surface area contributed by atoms with Gasteiger partial charge in [-0.3, -0.25) is 0 Å². The third-order valence-electron chi connectivity index (χ3n) is 4.20. The van der Waals surface area contributed by atoms with Crippen molar-refractivity contribution in [3.05, 3.63) is 24.3 Å². The van der Waals surface area contributed by atoms with E-state index in [0.717, 1.165) is 12.3 Å². The summed E-state index contributed by atoms with van der Waals surface area (Å²) in [5, 5.41) is 3.50. The van der Waals surface area contributed by atoms with Crippen LogP contribution in [0, 0.1) is 5.41 Å². The number of nitrogens with zero attached hydrogens (tertiary/aromatic N) is 1.